The van der Waals surface area contributed by atoms with Gasteiger partial charge in [-0.15, -0.1) is 0 Å². The van der Waals surface area contributed by atoms with Crippen molar-refractivity contribution in [1.29, 1.82) is 0 Å². The van der Waals surface area contributed by atoms with Gasteiger partial charge in [-0.3, -0.25) is 20.0 Å². The highest BCUT2D eigenvalue weighted by Gasteiger charge is 2.30. The van der Waals surface area contributed by atoms with E-state index in [1.165, 1.54) is 23.3 Å². The average molecular weight is 791 g/mol. The lowest BCUT2D eigenvalue weighted by atomic mass is 9.81. The number of hydrogen-bond acceptors (Lipinski definition) is 6. The minimum atomic E-state index is -3.40. The molecular weight excluding hydrogens is 746 g/mol. The second-order valence-corrected chi connectivity index (χ2v) is 18.2. The summed E-state index contributed by atoms with van der Waals surface area (Å²) in [6.45, 7) is 0.831. The lowest BCUT2D eigenvalue weighted by Gasteiger charge is -2.29. The molecule has 0 saturated heterocycles. The molecule has 6 N–H and O–H groups in total. The Morgan fingerprint density at radius 2 is 0.804 bits per heavy atom. The number of urea groups is 2. The molecule has 2 atom stereocenters. The Morgan fingerprint density at radius 3 is 1.11 bits per heavy atom. The molecule has 0 bridgehead atoms. The number of nitrogens with one attached hydrogen (secondary N) is 6. The quantitative estimate of drug-likeness (QED) is 0.0613. The molecule has 56 heavy (non-hydrogen) atoms. The zero-order valence-corrected chi connectivity index (χ0v) is 32.4. The van der Waals surface area contributed by atoms with E-state index in [2.05, 4.69) is 31.9 Å². The highest BCUT2D eigenvalue weighted by molar-refractivity contribution is 7.69. The highest BCUT2D eigenvalue weighted by atomic mass is 31.2. The van der Waals surface area contributed by atoms with Crippen LogP contribution in [-0.2, 0) is 18.6 Å². The van der Waals surface area contributed by atoms with E-state index in [9.17, 15) is 18.7 Å². The molecule has 7 rings (SSSR count). The van der Waals surface area contributed by atoms with E-state index >= 15 is 0 Å². The fraction of sp³-hybridized carbons (Fsp3) is 0.190. The Labute approximate surface area is 326 Å². The van der Waals surface area contributed by atoms with E-state index in [-0.39, 0.29) is 11.8 Å². The van der Waals surface area contributed by atoms with Crippen molar-refractivity contribution in [3.63, 3.8) is 0 Å². The second-order valence-electron chi connectivity index (χ2n) is 13.9. The molecule has 0 radical (unpaired) electrons. The molecule has 0 spiro atoms. The van der Waals surface area contributed by atoms with Gasteiger partial charge >= 0.3 is 12.1 Å². The van der Waals surface area contributed by atoms with Gasteiger partial charge in [0.25, 0.3) is 0 Å². The van der Waals surface area contributed by atoms with Crippen molar-refractivity contribution in [3.8, 4) is 0 Å². The number of carbonyl (C=O) groups excluding carboxylic acids is 2. The molecule has 1 saturated carbocycles. The number of amides is 4. The molecule has 1 aliphatic carbocycles. The van der Waals surface area contributed by atoms with E-state index < -0.39 is 26.6 Å². The maximum absolute atomic E-state index is 14.0. The summed E-state index contributed by atoms with van der Waals surface area (Å²) in [7, 11) is -6.80. The lowest BCUT2D eigenvalue weighted by Crippen LogP contribution is -2.45. The lowest BCUT2D eigenvalue weighted by molar-refractivity contribution is 0.220. The zero-order valence-electron chi connectivity index (χ0n) is 30.6. The van der Waals surface area contributed by atoms with Crippen molar-refractivity contribution in [2.75, 3.05) is 13.1 Å². The maximum Gasteiger partial charge on any atom is 0.329 e. The smallest absolute Gasteiger partial charge is 0.329 e. The average Bonchev–Trinajstić information content (AvgIpc) is 3.24. The van der Waals surface area contributed by atoms with Crippen molar-refractivity contribution in [2.24, 2.45) is 11.8 Å². The Hall–Kier alpha value is -5.64. The minimum absolute atomic E-state index is 0.192. The normalized spacial score (nSPS) is 19.6. The summed E-state index contributed by atoms with van der Waals surface area (Å²) < 4.78 is 40.3. The summed E-state index contributed by atoms with van der Waals surface area (Å²) >= 11 is 0. The Balaban J connectivity index is 0.891. The molecule has 0 aromatic heterocycles. The molecule has 1 fully saturated rings. The number of hydrazine groups is 2. The van der Waals surface area contributed by atoms with Crippen LogP contribution in [0.1, 0.15) is 47.9 Å². The predicted molar refractivity (Wildman–Crippen MR) is 220 cm³/mol. The van der Waals surface area contributed by atoms with Crippen LogP contribution in [-0.4, -0.2) is 25.2 Å². The molecule has 14 heteroatoms. The summed E-state index contributed by atoms with van der Waals surface area (Å²) in [5.74, 6) is 8.15. The van der Waals surface area contributed by atoms with Gasteiger partial charge in [0.2, 0.25) is 14.6 Å². The molecule has 4 aromatic rings. The largest absolute Gasteiger partial charge is 0.456 e. The van der Waals surface area contributed by atoms with Gasteiger partial charge in [0.1, 0.15) is 23.0 Å². The van der Waals surface area contributed by atoms with Crippen LogP contribution >= 0.6 is 14.6 Å². The van der Waals surface area contributed by atoms with E-state index in [1.54, 1.807) is 0 Å². The summed E-state index contributed by atoms with van der Waals surface area (Å²) in [5, 5.41) is 11.3. The van der Waals surface area contributed by atoms with E-state index in [0.717, 1.165) is 47.9 Å². The van der Waals surface area contributed by atoms with Crippen LogP contribution < -0.4 is 31.9 Å². The zero-order chi connectivity index (χ0) is 38.8. The minimum Gasteiger partial charge on any atom is -0.456 e. The standard InChI is InChI=1S/C42H44N6O6P2/c49-41(45-47-55(51)27-37(33-16-5-1-6-17-33)53-38(28-55)34-18-7-2-8-19-34)43-25-31-14-13-15-32(24-31)26-44-42(50)46-48-56(52)29-39(35-20-9-3-10-21-35)54-40(30-56)36-22-11-4-12-23-36/h1-12,16-23,27-32H,13-15,24-26H2,(H,47,51)(H,48,52)(H2,43,45,49)(H2,44,46,50)/t31-,32+. The fourth-order valence-electron chi connectivity index (χ4n) is 6.80. The summed E-state index contributed by atoms with van der Waals surface area (Å²) in [5.41, 5.74) is 8.19. The molecule has 12 nitrogen and oxygen atoms in total. The van der Waals surface area contributed by atoms with Crippen molar-refractivity contribution in [2.45, 2.75) is 25.7 Å². The Morgan fingerprint density at radius 1 is 0.500 bits per heavy atom. The maximum atomic E-state index is 14.0. The predicted octanol–water partition coefficient (Wildman–Crippen LogP) is 9.01. The van der Waals surface area contributed by atoms with Crippen LogP contribution in [0, 0.1) is 11.8 Å². The van der Waals surface area contributed by atoms with E-state index in [1.807, 2.05) is 121 Å². The Kier molecular flexibility index (Phi) is 12.3. The summed E-state index contributed by atoms with van der Waals surface area (Å²) in [6, 6.07) is 36.5. The first-order valence-corrected chi connectivity index (χ1v) is 22.2. The molecule has 288 valence electrons. The van der Waals surface area contributed by atoms with Gasteiger partial charge in [0.15, 0.2) is 0 Å². The number of hydrogen-bond donors (Lipinski definition) is 6. The first-order valence-electron chi connectivity index (χ1n) is 18.5. The van der Waals surface area contributed by atoms with Crippen molar-refractivity contribution in [1.82, 2.24) is 31.9 Å². The van der Waals surface area contributed by atoms with Crippen LogP contribution in [0.2, 0.25) is 0 Å². The van der Waals surface area contributed by atoms with Crippen molar-refractivity contribution in [3.05, 3.63) is 167 Å². The van der Waals surface area contributed by atoms with Crippen molar-refractivity contribution < 1.29 is 28.2 Å². The van der Waals surface area contributed by atoms with Crippen LogP contribution in [0.25, 0.3) is 23.0 Å². The molecule has 0 unspecified atom stereocenters. The van der Waals surface area contributed by atoms with E-state index in [4.69, 9.17) is 9.47 Å². The molecule has 2 heterocycles. The van der Waals surface area contributed by atoms with Crippen molar-refractivity contribution >= 4 is 49.7 Å². The van der Waals surface area contributed by atoms with Gasteiger partial charge < -0.3 is 20.1 Å². The first-order chi connectivity index (χ1) is 27.2. The molecule has 4 amide bonds. The third-order valence-corrected chi connectivity index (χ3v) is 13.0. The van der Waals surface area contributed by atoms with Crippen LogP contribution in [0.15, 0.2) is 145 Å². The van der Waals surface area contributed by atoms with Gasteiger partial charge in [-0.25, -0.2) is 9.59 Å². The van der Waals surface area contributed by atoms with Gasteiger partial charge in [-0.1, -0.05) is 128 Å². The SMILES string of the molecule is O=C(NC[C@H]1CCC[C@@H](CNC(=O)NNP2(=O)C=C(c3ccccc3)OC(c3ccccc3)=C2)C1)NNP1(=O)C=C(c2ccccc2)OC(c2ccccc2)=C1. The summed E-state index contributed by atoms with van der Waals surface area (Å²) in [4.78, 5) is 25.8. The third-order valence-electron chi connectivity index (χ3n) is 9.59. The fourth-order valence-corrected chi connectivity index (χ4v) is 9.96. The first kappa shape index (κ1) is 38.6. The number of carbonyl (C=O) groups is 2. The van der Waals surface area contributed by atoms with Gasteiger partial charge in [-0.05, 0) is 31.1 Å². The van der Waals surface area contributed by atoms with Crippen LogP contribution in [0.3, 0.4) is 0 Å². The third kappa shape index (κ3) is 10.4. The van der Waals surface area contributed by atoms with Crippen LogP contribution in [0.4, 0.5) is 9.59 Å². The van der Waals surface area contributed by atoms with Gasteiger partial charge in [0.05, 0.1) is 0 Å². The highest BCUT2D eigenvalue weighted by Crippen LogP contribution is 2.54. The number of ether oxygens (including phenoxy) is 2. The topological polar surface area (TPSA) is 159 Å². The molecular formula is C42H44N6O6P2. The second kappa shape index (κ2) is 17.9. The summed E-state index contributed by atoms with van der Waals surface area (Å²) in [6.07, 6.45) is 3.60. The number of benzene rings is 4. The monoisotopic (exact) mass is 790 g/mol. The van der Waals surface area contributed by atoms with E-state index in [0.29, 0.717) is 36.1 Å². The molecule has 3 aliphatic rings. The van der Waals surface area contributed by atoms with Gasteiger partial charge in [0, 0.05) is 58.6 Å². The molecule has 2 aliphatic heterocycles. The number of rotatable bonds is 12. The molecule has 4 aromatic carbocycles. The Bertz CT molecular complexity index is 1960. The van der Waals surface area contributed by atoms with Gasteiger partial charge in [-0.2, -0.15) is 10.4 Å². The van der Waals surface area contributed by atoms with Crippen LogP contribution in [0.5, 0.6) is 0 Å².